The minimum atomic E-state index is -3.33. The summed E-state index contributed by atoms with van der Waals surface area (Å²) < 4.78 is 27.0. The van der Waals surface area contributed by atoms with Crippen LogP contribution in [0.4, 0.5) is 0 Å². The van der Waals surface area contributed by atoms with Crippen LogP contribution in [0.5, 0.6) is 0 Å². The molecule has 2 fully saturated rings. The van der Waals surface area contributed by atoms with Crippen LogP contribution in [-0.2, 0) is 20.6 Å². The van der Waals surface area contributed by atoms with Crippen LogP contribution in [-0.4, -0.2) is 49.7 Å². The van der Waals surface area contributed by atoms with Gasteiger partial charge in [-0.05, 0) is 38.2 Å². The summed E-state index contributed by atoms with van der Waals surface area (Å²) in [5, 5.41) is 0. The van der Waals surface area contributed by atoms with Crippen molar-refractivity contribution in [3.63, 3.8) is 0 Å². The van der Waals surface area contributed by atoms with E-state index in [1.54, 1.807) is 4.31 Å². The lowest BCUT2D eigenvalue weighted by Gasteiger charge is -2.36. The van der Waals surface area contributed by atoms with Crippen molar-refractivity contribution in [3.8, 4) is 0 Å². The van der Waals surface area contributed by atoms with Crippen LogP contribution in [0.2, 0.25) is 0 Å². The number of piperidine rings is 1. The molecule has 0 atom stereocenters. The molecule has 2 aliphatic rings. The zero-order valence-electron chi connectivity index (χ0n) is 16.6. The summed E-state index contributed by atoms with van der Waals surface area (Å²) in [6.45, 7) is 2.89. The first kappa shape index (κ1) is 20.3. The summed E-state index contributed by atoms with van der Waals surface area (Å²) >= 11 is 0. The predicted molar refractivity (Wildman–Crippen MR) is 108 cm³/mol. The van der Waals surface area contributed by atoms with Crippen molar-refractivity contribution < 1.29 is 13.2 Å². The van der Waals surface area contributed by atoms with Crippen molar-refractivity contribution in [3.05, 3.63) is 35.4 Å². The average Bonchev–Trinajstić information content (AvgIpc) is 2.69. The molecule has 1 amide bonds. The largest absolute Gasteiger partial charge is 0.343 e. The molecular weight excluding hydrogens is 360 g/mol. The Balaban J connectivity index is 1.54. The van der Waals surface area contributed by atoms with Gasteiger partial charge in [0.2, 0.25) is 15.9 Å². The second-order valence-electron chi connectivity index (χ2n) is 8.16. The van der Waals surface area contributed by atoms with E-state index < -0.39 is 10.0 Å². The molecule has 3 rings (SSSR count). The third kappa shape index (κ3) is 5.11. The van der Waals surface area contributed by atoms with E-state index in [-0.39, 0.29) is 17.6 Å². The Hall–Kier alpha value is -1.40. The SMILES string of the molecule is Cc1ccc(CS(=O)(=O)N2CCC(C(=O)N(C)C3CCCCC3)CC2)cc1. The van der Waals surface area contributed by atoms with Gasteiger partial charge in [-0.25, -0.2) is 12.7 Å². The van der Waals surface area contributed by atoms with Crippen LogP contribution in [0.1, 0.15) is 56.1 Å². The fraction of sp³-hybridized carbons (Fsp3) is 0.667. The van der Waals surface area contributed by atoms with Crippen LogP contribution in [0.3, 0.4) is 0 Å². The van der Waals surface area contributed by atoms with Crippen molar-refractivity contribution in [2.24, 2.45) is 5.92 Å². The number of amides is 1. The normalized spacial score (nSPS) is 20.5. The first-order valence-electron chi connectivity index (χ1n) is 10.2. The number of sulfonamides is 1. The second-order valence-corrected chi connectivity index (χ2v) is 10.1. The number of nitrogens with zero attached hydrogens (tertiary/aromatic N) is 2. The highest BCUT2D eigenvalue weighted by Crippen LogP contribution is 2.27. The Kier molecular flexibility index (Phi) is 6.58. The molecule has 1 saturated carbocycles. The van der Waals surface area contributed by atoms with Gasteiger partial charge in [0.05, 0.1) is 5.75 Å². The molecule has 1 aromatic carbocycles. The Morgan fingerprint density at radius 2 is 1.63 bits per heavy atom. The van der Waals surface area contributed by atoms with Gasteiger partial charge in [-0.2, -0.15) is 0 Å². The van der Waals surface area contributed by atoms with Crippen LogP contribution >= 0.6 is 0 Å². The standard InChI is InChI=1S/C21H32N2O3S/c1-17-8-10-18(11-9-17)16-27(25,26)23-14-12-19(13-15-23)21(24)22(2)20-6-4-3-5-7-20/h8-11,19-20H,3-7,12-16H2,1-2H3. The van der Waals surface area contributed by atoms with Gasteiger partial charge in [-0.1, -0.05) is 49.1 Å². The molecule has 0 aromatic heterocycles. The topological polar surface area (TPSA) is 57.7 Å². The van der Waals surface area contributed by atoms with Gasteiger partial charge in [-0.3, -0.25) is 4.79 Å². The fourth-order valence-electron chi connectivity index (χ4n) is 4.30. The van der Waals surface area contributed by atoms with Crippen molar-refractivity contribution in [1.29, 1.82) is 0 Å². The van der Waals surface area contributed by atoms with Gasteiger partial charge >= 0.3 is 0 Å². The summed E-state index contributed by atoms with van der Waals surface area (Å²) in [5.74, 6) is 0.202. The number of hydrogen-bond acceptors (Lipinski definition) is 3. The van der Waals surface area contributed by atoms with Crippen LogP contribution in [0, 0.1) is 12.8 Å². The first-order chi connectivity index (χ1) is 12.9. The minimum absolute atomic E-state index is 0.0356. The van der Waals surface area contributed by atoms with Crippen LogP contribution in [0.15, 0.2) is 24.3 Å². The molecule has 5 nitrogen and oxygen atoms in total. The van der Waals surface area contributed by atoms with Gasteiger partial charge in [0, 0.05) is 32.1 Å². The molecule has 0 bridgehead atoms. The Bertz CT molecular complexity index is 731. The summed E-state index contributed by atoms with van der Waals surface area (Å²) in [7, 11) is -1.40. The molecule has 150 valence electrons. The lowest BCUT2D eigenvalue weighted by molar-refractivity contribution is -0.138. The Labute approximate surface area is 163 Å². The van der Waals surface area contributed by atoms with Gasteiger partial charge in [-0.15, -0.1) is 0 Å². The average molecular weight is 393 g/mol. The van der Waals surface area contributed by atoms with Crippen molar-refractivity contribution in [1.82, 2.24) is 9.21 Å². The van der Waals surface area contributed by atoms with Crippen molar-refractivity contribution in [2.75, 3.05) is 20.1 Å². The molecule has 6 heteroatoms. The van der Waals surface area contributed by atoms with Crippen molar-refractivity contribution >= 4 is 15.9 Å². The van der Waals surface area contributed by atoms with E-state index in [0.717, 1.165) is 24.0 Å². The molecule has 1 aliphatic heterocycles. The van der Waals surface area contributed by atoms with E-state index in [1.807, 2.05) is 43.1 Å². The fourth-order valence-corrected chi connectivity index (χ4v) is 5.87. The maximum atomic E-state index is 12.8. The van der Waals surface area contributed by atoms with Gasteiger partial charge in [0.15, 0.2) is 0 Å². The molecule has 1 saturated heterocycles. The number of rotatable bonds is 5. The van der Waals surface area contributed by atoms with Crippen LogP contribution in [0.25, 0.3) is 0 Å². The van der Waals surface area contributed by atoms with Crippen LogP contribution < -0.4 is 0 Å². The molecule has 0 N–H and O–H groups in total. The molecule has 1 aromatic rings. The Morgan fingerprint density at radius 3 is 2.22 bits per heavy atom. The van der Waals surface area contributed by atoms with Gasteiger partial charge in [0.1, 0.15) is 0 Å². The maximum Gasteiger partial charge on any atom is 0.225 e. The number of hydrogen-bond donors (Lipinski definition) is 0. The molecule has 27 heavy (non-hydrogen) atoms. The number of aryl methyl sites for hydroxylation is 1. The van der Waals surface area contributed by atoms with E-state index in [9.17, 15) is 13.2 Å². The molecular formula is C21H32N2O3S. The maximum absolute atomic E-state index is 12.8. The summed E-state index contributed by atoms with van der Waals surface area (Å²) in [4.78, 5) is 14.8. The first-order valence-corrected chi connectivity index (χ1v) is 11.8. The summed E-state index contributed by atoms with van der Waals surface area (Å²) in [6, 6.07) is 8.01. The summed E-state index contributed by atoms with van der Waals surface area (Å²) in [5.41, 5.74) is 1.94. The van der Waals surface area contributed by atoms with E-state index in [2.05, 4.69) is 0 Å². The van der Waals surface area contributed by atoms with E-state index in [4.69, 9.17) is 0 Å². The molecule has 1 heterocycles. The van der Waals surface area contributed by atoms with E-state index in [1.165, 1.54) is 19.3 Å². The van der Waals surface area contributed by atoms with Crippen molar-refractivity contribution in [2.45, 2.75) is 63.7 Å². The monoisotopic (exact) mass is 392 g/mol. The molecule has 0 radical (unpaired) electrons. The lowest BCUT2D eigenvalue weighted by atomic mass is 9.91. The molecule has 0 unspecified atom stereocenters. The quantitative estimate of drug-likeness (QED) is 0.772. The number of carbonyl (C=O) groups excluding carboxylic acids is 1. The minimum Gasteiger partial charge on any atom is -0.343 e. The third-order valence-electron chi connectivity index (χ3n) is 6.14. The highest BCUT2D eigenvalue weighted by Gasteiger charge is 2.34. The van der Waals surface area contributed by atoms with Gasteiger partial charge < -0.3 is 4.90 Å². The summed E-state index contributed by atoms with van der Waals surface area (Å²) in [6.07, 6.45) is 7.15. The predicted octanol–water partition coefficient (Wildman–Crippen LogP) is 3.33. The van der Waals surface area contributed by atoms with E-state index >= 15 is 0 Å². The Morgan fingerprint density at radius 1 is 1.04 bits per heavy atom. The zero-order chi connectivity index (χ0) is 19.4. The zero-order valence-corrected chi connectivity index (χ0v) is 17.4. The smallest absolute Gasteiger partial charge is 0.225 e. The highest BCUT2D eigenvalue weighted by molar-refractivity contribution is 7.88. The molecule has 1 aliphatic carbocycles. The molecule has 0 spiro atoms. The lowest BCUT2D eigenvalue weighted by Crippen LogP contribution is -2.46. The number of benzene rings is 1. The second kappa shape index (κ2) is 8.74. The third-order valence-corrected chi connectivity index (χ3v) is 7.99. The van der Waals surface area contributed by atoms with Gasteiger partial charge in [0.25, 0.3) is 0 Å². The highest BCUT2D eigenvalue weighted by atomic mass is 32.2. The number of carbonyl (C=O) groups is 1. The van der Waals surface area contributed by atoms with E-state index in [0.29, 0.717) is 32.0 Å².